The van der Waals surface area contributed by atoms with Crippen LogP contribution in [0.2, 0.25) is 0 Å². The molecular weight excluding hydrogens is 300 g/mol. The van der Waals surface area contributed by atoms with Crippen molar-refractivity contribution in [2.24, 2.45) is 11.8 Å². The standard InChI is InChI=1S/C20H24N2O2/c23-17-20-11-6-12-22(20)18(24)19(21-17,13-14-7-2-1-3-8-14)15-9-4-5-10-16(15)20/h1-3,7-8,15-16H,4-6,9-13H2,(H,21,23)/t15-,16+,19+,20-/m0/s1. The molecule has 1 N–H and O–H groups in total. The number of hydrogen-bond acceptors (Lipinski definition) is 2. The van der Waals surface area contributed by atoms with Gasteiger partial charge in [-0.3, -0.25) is 9.59 Å². The zero-order valence-electron chi connectivity index (χ0n) is 14.0. The first-order valence-corrected chi connectivity index (χ1v) is 9.37. The van der Waals surface area contributed by atoms with Crippen LogP contribution in [0.15, 0.2) is 30.3 Å². The highest BCUT2D eigenvalue weighted by Crippen LogP contribution is 2.57. The summed E-state index contributed by atoms with van der Waals surface area (Å²) in [7, 11) is 0. The molecule has 4 heterocycles. The normalized spacial score (nSPS) is 40.2. The van der Waals surface area contributed by atoms with Gasteiger partial charge in [0.2, 0.25) is 11.8 Å². The molecule has 126 valence electrons. The Morgan fingerprint density at radius 3 is 2.58 bits per heavy atom. The number of amides is 2. The summed E-state index contributed by atoms with van der Waals surface area (Å²) < 4.78 is 0. The van der Waals surface area contributed by atoms with E-state index in [0.717, 1.165) is 37.8 Å². The summed E-state index contributed by atoms with van der Waals surface area (Å²) in [5.74, 6) is 0.959. The summed E-state index contributed by atoms with van der Waals surface area (Å²) in [6, 6.07) is 10.2. The van der Waals surface area contributed by atoms with E-state index in [9.17, 15) is 9.59 Å². The minimum absolute atomic E-state index is 0.124. The number of benzene rings is 1. The van der Waals surface area contributed by atoms with Crippen molar-refractivity contribution < 1.29 is 9.59 Å². The molecule has 0 unspecified atom stereocenters. The van der Waals surface area contributed by atoms with Crippen molar-refractivity contribution in [3.05, 3.63) is 35.9 Å². The average Bonchev–Trinajstić information content (AvgIpc) is 3.06. The number of nitrogens with zero attached hydrogens (tertiary/aromatic N) is 1. The first kappa shape index (κ1) is 14.5. The lowest BCUT2D eigenvalue weighted by molar-refractivity contribution is -0.188. The van der Waals surface area contributed by atoms with Crippen molar-refractivity contribution in [1.29, 1.82) is 0 Å². The third-order valence-corrected chi connectivity index (χ3v) is 7.12. The Hall–Kier alpha value is -1.84. The molecule has 5 fully saturated rings. The molecule has 2 amide bonds. The summed E-state index contributed by atoms with van der Waals surface area (Å²) in [6.45, 7) is 0.756. The molecule has 1 spiro atoms. The van der Waals surface area contributed by atoms with Gasteiger partial charge in [-0.05, 0) is 43.1 Å². The van der Waals surface area contributed by atoms with Crippen molar-refractivity contribution in [1.82, 2.24) is 10.2 Å². The summed E-state index contributed by atoms with van der Waals surface area (Å²) >= 11 is 0. The van der Waals surface area contributed by atoms with Gasteiger partial charge in [0.15, 0.2) is 0 Å². The molecule has 5 aliphatic rings. The summed E-state index contributed by atoms with van der Waals surface area (Å²) in [5.41, 5.74) is -0.0972. The lowest BCUT2D eigenvalue weighted by Gasteiger charge is -2.64. The molecule has 4 atom stereocenters. The highest BCUT2D eigenvalue weighted by atomic mass is 16.2. The van der Waals surface area contributed by atoms with E-state index in [0.29, 0.717) is 18.3 Å². The van der Waals surface area contributed by atoms with E-state index in [1.54, 1.807) is 0 Å². The van der Waals surface area contributed by atoms with Gasteiger partial charge >= 0.3 is 0 Å². The fourth-order valence-corrected chi connectivity index (χ4v) is 6.23. The lowest BCUT2D eigenvalue weighted by Crippen LogP contribution is -2.85. The maximum atomic E-state index is 13.5. The predicted molar refractivity (Wildman–Crippen MR) is 90.1 cm³/mol. The van der Waals surface area contributed by atoms with Crippen molar-refractivity contribution in [3.63, 3.8) is 0 Å². The predicted octanol–water partition coefficient (Wildman–Crippen LogP) is 2.28. The van der Waals surface area contributed by atoms with Gasteiger partial charge in [-0.2, -0.15) is 0 Å². The van der Waals surface area contributed by atoms with Crippen LogP contribution in [0.1, 0.15) is 44.1 Å². The molecule has 4 heteroatoms. The molecule has 0 aromatic heterocycles. The van der Waals surface area contributed by atoms with Crippen LogP contribution in [0.5, 0.6) is 0 Å². The molecule has 1 aromatic rings. The van der Waals surface area contributed by atoms with E-state index < -0.39 is 11.1 Å². The maximum Gasteiger partial charge on any atom is 0.249 e. The number of carbonyl (C=O) groups excluding carboxylic acids is 2. The summed E-state index contributed by atoms with van der Waals surface area (Å²) in [4.78, 5) is 28.6. The van der Waals surface area contributed by atoms with Crippen LogP contribution in [0.25, 0.3) is 0 Å². The molecule has 1 saturated carbocycles. The highest BCUT2D eigenvalue weighted by molar-refractivity contribution is 6.05. The van der Waals surface area contributed by atoms with Crippen LogP contribution in [0.4, 0.5) is 0 Å². The fourth-order valence-electron chi connectivity index (χ4n) is 6.23. The van der Waals surface area contributed by atoms with E-state index in [1.807, 2.05) is 23.1 Å². The summed E-state index contributed by atoms with van der Waals surface area (Å²) in [6.07, 6.45) is 6.98. The van der Waals surface area contributed by atoms with E-state index >= 15 is 0 Å². The van der Waals surface area contributed by atoms with Crippen LogP contribution in [0.3, 0.4) is 0 Å². The number of hydrogen-bond donors (Lipinski definition) is 1. The van der Waals surface area contributed by atoms with Gasteiger partial charge in [0.05, 0.1) is 0 Å². The van der Waals surface area contributed by atoms with Crippen LogP contribution >= 0.6 is 0 Å². The first-order valence-electron chi connectivity index (χ1n) is 9.37. The Morgan fingerprint density at radius 2 is 1.79 bits per heavy atom. The smallest absolute Gasteiger partial charge is 0.249 e. The van der Waals surface area contributed by atoms with Gasteiger partial charge in [0.1, 0.15) is 11.1 Å². The van der Waals surface area contributed by atoms with Gasteiger partial charge in [-0.15, -0.1) is 0 Å². The minimum atomic E-state index is -0.713. The monoisotopic (exact) mass is 324 g/mol. The Balaban J connectivity index is 1.65. The average molecular weight is 324 g/mol. The topological polar surface area (TPSA) is 49.4 Å². The van der Waals surface area contributed by atoms with E-state index in [1.165, 1.54) is 12.8 Å². The largest absolute Gasteiger partial charge is 0.339 e. The molecule has 4 aliphatic heterocycles. The van der Waals surface area contributed by atoms with E-state index in [-0.39, 0.29) is 11.8 Å². The third-order valence-electron chi connectivity index (χ3n) is 7.12. The van der Waals surface area contributed by atoms with Crippen molar-refractivity contribution in [2.45, 2.75) is 56.0 Å². The number of rotatable bonds is 2. The van der Waals surface area contributed by atoms with Gasteiger partial charge in [0.25, 0.3) is 0 Å². The first-order chi connectivity index (χ1) is 11.7. The number of nitrogens with one attached hydrogen (secondary N) is 1. The van der Waals surface area contributed by atoms with E-state index in [2.05, 4.69) is 17.4 Å². The zero-order valence-corrected chi connectivity index (χ0v) is 14.0. The SMILES string of the molecule is O=C1N2CCC[C@]23C(=O)N[C@]1(Cc1ccccc1)[C@H]1CCCC[C@H]13. The van der Waals surface area contributed by atoms with E-state index in [4.69, 9.17) is 0 Å². The van der Waals surface area contributed by atoms with Gasteiger partial charge in [-0.25, -0.2) is 0 Å². The second-order valence-corrected chi connectivity index (χ2v) is 8.07. The van der Waals surface area contributed by atoms with Crippen LogP contribution in [-0.4, -0.2) is 34.3 Å². The number of fused-ring (bicyclic) bond motifs is 1. The molecule has 24 heavy (non-hydrogen) atoms. The zero-order chi connectivity index (χ0) is 16.4. The molecule has 6 rings (SSSR count). The fraction of sp³-hybridized carbons (Fsp3) is 0.600. The van der Waals surface area contributed by atoms with Gasteiger partial charge in [0, 0.05) is 13.0 Å². The molecule has 0 radical (unpaired) electrons. The Bertz CT molecular complexity index is 703. The second kappa shape index (κ2) is 4.84. The van der Waals surface area contributed by atoms with Crippen LogP contribution < -0.4 is 5.32 Å². The Labute approximate surface area is 142 Å². The molecule has 4 saturated heterocycles. The Kier molecular flexibility index (Phi) is 2.92. The molecule has 4 nitrogen and oxygen atoms in total. The van der Waals surface area contributed by atoms with Crippen molar-refractivity contribution in [2.75, 3.05) is 6.54 Å². The van der Waals surface area contributed by atoms with Gasteiger partial charge < -0.3 is 10.2 Å². The van der Waals surface area contributed by atoms with Crippen LogP contribution in [-0.2, 0) is 16.0 Å². The van der Waals surface area contributed by atoms with Crippen molar-refractivity contribution in [3.8, 4) is 0 Å². The van der Waals surface area contributed by atoms with Crippen LogP contribution in [0, 0.1) is 11.8 Å². The van der Waals surface area contributed by atoms with Crippen molar-refractivity contribution >= 4 is 11.8 Å². The lowest BCUT2D eigenvalue weighted by atomic mass is 9.53. The number of carbonyl (C=O) groups is 2. The number of piperazine rings is 1. The summed E-state index contributed by atoms with van der Waals surface area (Å²) in [5, 5.41) is 3.26. The molecule has 1 aliphatic carbocycles. The third kappa shape index (κ3) is 1.59. The molecular formula is C20H24N2O2. The van der Waals surface area contributed by atoms with Gasteiger partial charge in [-0.1, -0.05) is 43.2 Å². The quantitative estimate of drug-likeness (QED) is 0.907. The minimum Gasteiger partial charge on any atom is -0.339 e. The second-order valence-electron chi connectivity index (χ2n) is 8.07. The maximum absolute atomic E-state index is 13.5. The number of piperidine rings is 2. The molecule has 1 aromatic carbocycles. The highest BCUT2D eigenvalue weighted by Gasteiger charge is 2.72. The Morgan fingerprint density at radius 1 is 1.04 bits per heavy atom. The molecule has 2 bridgehead atoms.